The number of nitrogens with two attached hydrogens (primary N) is 1. The number of halogens is 2. The van der Waals surface area contributed by atoms with E-state index < -0.39 is 23.9 Å². The monoisotopic (exact) mass is 839 g/mol. The number of benzene rings is 4. The van der Waals surface area contributed by atoms with E-state index in [1.165, 1.54) is 71.4 Å². The molecular weight excluding hydrogens is 793 g/mol. The van der Waals surface area contributed by atoms with Crippen LogP contribution in [-0.4, -0.2) is 74.7 Å². The summed E-state index contributed by atoms with van der Waals surface area (Å²) in [5.74, 6) is -2.00. The number of carboxylic acid groups (broad SMARTS) is 1. The van der Waals surface area contributed by atoms with Gasteiger partial charge in [-0.3, -0.25) is 14.8 Å². The van der Waals surface area contributed by atoms with Crippen LogP contribution in [0.1, 0.15) is 51.3 Å². The van der Waals surface area contributed by atoms with Gasteiger partial charge in [-0.2, -0.15) is 0 Å². The second-order valence-electron chi connectivity index (χ2n) is 15.3. The second kappa shape index (κ2) is 18.4. The van der Waals surface area contributed by atoms with Crippen LogP contribution in [0.5, 0.6) is 0 Å². The van der Waals surface area contributed by atoms with Gasteiger partial charge >= 0.3 is 18.0 Å². The van der Waals surface area contributed by atoms with Crippen molar-refractivity contribution in [3.8, 4) is 0 Å². The van der Waals surface area contributed by atoms with Crippen molar-refractivity contribution >= 4 is 51.3 Å². The molecule has 0 spiro atoms. The third kappa shape index (κ3) is 9.60. The number of anilines is 1. The number of nitrogen functional groups attached to an aromatic ring is 1. The Morgan fingerprint density at radius 1 is 0.677 bits per heavy atom. The molecule has 0 aliphatic carbocycles. The highest BCUT2D eigenvalue weighted by molar-refractivity contribution is 6.02. The van der Waals surface area contributed by atoms with Gasteiger partial charge in [-0.05, 0) is 110 Å². The van der Waals surface area contributed by atoms with Gasteiger partial charge in [0.05, 0.1) is 28.7 Å². The number of aliphatic carboxylic acids is 1. The lowest BCUT2D eigenvalue weighted by Crippen LogP contribution is -2.44. The number of carbonyl (C=O) groups is 4. The first-order valence-electron chi connectivity index (χ1n) is 19.7. The van der Waals surface area contributed by atoms with E-state index >= 15 is 0 Å². The predicted molar refractivity (Wildman–Crippen MR) is 235 cm³/mol. The molecular formula is C48H47F2N7O5. The predicted octanol–water partition coefficient (Wildman–Crippen LogP) is 8.65. The summed E-state index contributed by atoms with van der Waals surface area (Å²) in [6, 6.07) is 25.2. The highest BCUT2D eigenvalue weighted by atomic mass is 19.1. The maximum absolute atomic E-state index is 13.4. The molecule has 0 fully saturated rings. The maximum atomic E-state index is 13.4. The van der Waals surface area contributed by atoms with Crippen LogP contribution in [0.4, 0.5) is 24.1 Å². The van der Waals surface area contributed by atoms with Crippen LogP contribution in [-0.2, 0) is 16.0 Å². The summed E-state index contributed by atoms with van der Waals surface area (Å²) in [7, 11) is 4.60. The molecule has 0 radical (unpaired) electrons. The summed E-state index contributed by atoms with van der Waals surface area (Å²) in [5.41, 5.74) is 15.3. The van der Waals surface area contributed by atoms with E-state index in [1.807, 2.05) is 76.2 Å². The molecule has 2 atom stereocenters. The number of fused-ring (bicyclic) bond motifs is 2. The van der Waals surface area contributed by atoms with Gasteiger partial charge in [0, 0.05) is 73.4 Å². The molecule has 2 aromatic heterocycles. The highest BCUT2D eigenvalue weighted by Crippen LogP contribution is 2.33. The number of amides is 4. The van der Waals surface area contributed by atoms with Crippen LogP contribution in [0.2, 0.25) is 0 Å². The first-order valence-corrected chi connectivity index (χ1v) is 19.7. The van der Waals surface area contributed by atoms with Gasteiger partial charge in [0.15, 0.2) is 5.78 Å². The van der Waals surface area contributed by atoms with Crippen molar-refractivity contribution in [2.24, 2.45) is 0 Å². The van der Waals surface area contributed by atoms with E-state index in [1.54, 1.807) is 25.4 Å². The average molecular weight is 840 g/mol. The summed E-state index contributed by atoms with van der Waals surface area (Å²) in [5, 5.41) is 14.1. The molecule has 0 bridgehead atoms. The molecule has 4 N–H and O–H groups in total. The molecule has 4 aromatic carbocycles. The van der Waals surface area contributed by atoms with Crippen LogP contribution >= 0.6 is 0 Å². The number of rotatable bonds is 6. The number of likely N-dealkylation sites (N-methyl/N-ethyl adjacent to an activating group) is 1. The number of hydrogen-bond donors (Lipinski definition) is 3. The fourth-order valence-corrected chi connectivity index (χ4v) is 7.33. The molecule has 6 aromatic rings. The van der Waals surface area contributed by atoms with Gasteiger partial charge in [0.25, 0.3) is 0 Å². The standard InChI is InChI=1S/C24H22FN3O2.C13H13FN2O3.C11H12N2/c1-14-4-11-21-18(10-5-15(2)26-21)19(14)12-22(29)20-13-28(3)24(30)27-23(20)16-6-8-17(25)9-7-16;1-15-7-10(12(17)18)11(16(2)13(15)19)8-3-5-9(14)6-4-8;1-7-3-6-10-9(11(7)12)5-4-8(2)13-10/h4-11,13,23H,12H2,1-3H3,(H,27,30);3-7,11H,1-2H3,(H,17,18);3-6H,12H2,1-2H3/t23-;;/m0../s1. The number of pyridine rings is 2. The molecule has 4 amide bonds. The van der Waals surface area contributed by atoms with Gasteiger partial charge in [0.2, 0.25) is 0 Å². The molecule has 0 saturated heterocycles. The second-order valence-corrected chi connectivity index (χ2v) is 15.3. The Morgan fingerprint density at radius 3 is 1.77 bits per heavy atom. The third-order valence-corrected chi connectivity index (χ3v) is 10.8. The summed E-state index contributed by atoms with van der Waals surface area (Å²) in [4.78, 5) is 61.6. The van der Waals surface area contributed by atoms with E-state index in [4.69, 9.17) is 5.73 Å². The lowest BCUT2D eigenvalue weighted by molar-refractivity contribution is -0.133. The molecule has 62 heavy (non-hydrogen) atoms. The van der Waals surface area contributed by atoms with Crippen LogP contribution in [0.3, 0.4) is 0 Å². The van der Waals surface area contributed by atoms with E-state index in [-0.39, 0.29) is 35.7 Å². The zero-order valence-corrected chi connectivity index (χ0v) is 35.4. The van der Waals surface area contributed by atoms with Crippen molar-refractivity contribution in [2.45, 2.75) is 46.2 Å². The van der Waals surface area contributed by atoms with Gasteiger partial charge in [-0.1, -0.05) is 42.5 Å². The highest BCUT2D eigenvalue weighted by Gasteiger charge is 2.35. The van der Waals surface area contributed by atoms with E-state index in [0.29, 0.717) is 16.7 Å². The number of hydrogen-bond acceptors (Lipinski definition) is 7. The third-order valence-electron chi connectivity index (χ3n) is 10.8. The molecule has 4 heterocycles. The zero-order chi connectivity index (χ0) is 45.0. The minimum absolute atomic E-state index is 0.0659. The first kappa shape index (κ1) is 44.1. The summed E-state index contributed by atoms with van der Waals surface area (Å²) < 4.78 is 26.3. The normalized spacial score (nSPS) is 16.1. The lowest BCUT2D eigenvalue weighted by atomic mass is 9.89. The number of aryl methyl sites for hydroxylation is 4. The van der Waals surface area contributed by atoms with Crippen LogP contribution in [0.25, 0.3) is 21.8 Å². The molecule has 2 aliphatic rings. The molecule has 1 unspecified atom stereocenters. The van der Waals surface area contributed by atoms with Crippen LogP contribution < -0.4 is 11.1 Å². The molecule has 318 valence electrons. The lowest BCUT2D eigenvalue weighted by Gasteiger charge is -2.36. The quantitative estimate of drug-likeness (QED) is 0.141. The van der Waals surface area contributed by atoms with Crippen LogP contribution in [0, 0.1) is 39.3 Å². The molecule has 2 aliphatic heterocycles. The van der Waals surface area contributed by atoms with E-state index in [0.717, 1.165) is 55.6 Å². The van der Waals surface area contributed by atoms with Gasteiger partial charge in [-0.15, -0.1) is 0 Å². The molecule has 14 heteroatoms. The van der Waals surface area contributed by atoms with Crippen molar-refractivity contribution in [1.29, 1.82) is 0 Å². The Balaban J connectivity index is 0.000000171. The van der Waals surface area contributed by atoms with Gasteiger partial charge in [0.1, 0.15) is 11.6 Å². The van der Waals surface area contributed by atoms with Crippen molar-refractivity contribution < 1.29 is 33.1 Å². The number of Topliss-reactive ketones (excluding diaryl/α,β-unsaturated/α-hetero) is 1. The van der Waals surface area contributed by atoms with E-state index in [2.05, 4.69) is 15.3 Å². The van der Waals surface area contributed by atoms with Crippen molar-refractivity contribution in [2.75, 3.05) is 26.9 Å². The van der Waals surface area contributed by atoms with Gasteiger partial charge < -0.3 is 30.9 Å². The number of nitrogens with zero attached hydrogens (tertiary/aromatic N) is 5. The minimum atomic E-state index is -1.11. The topological polar surface area (TPSA) is 162 Å². The first-order chi connectivity index (χ1) is 29.4. The van der Waals surface area contributed by atoms with Gasteiger partial charge in [-0.25, -0.2) is 23.2 Å². The number of aromatic nitrogens is 2. The number of nitrogens with one attached hydrogen (secondary N) is 1. The Labute approximate surface area is 358 Å². The number of carbonyl (C=O) groups excluding carboxylic acids is 3. The summed E-state index contributed by atoms with van der Waals surface area (Å²) >= 11 is 0. The minimum Gasteiger partial charge on any atom is -0.478 e. The molecule has 12 nitrogen and oxygen atoms in total. The molecule has 0 saturated carbocycles. The Morgan fingerprint density at radius 2 is 1.19 bits per heavy atom. The van der Waals surface area contributed by atoms with E-state index in [9.17, 15) is 33.1 Å². The largest absolute Gasteiger partial charge is 0.478 e. The van der Waals surface area contributed by atoms with Crippen molar-refractivity contribution in [3.63, 3.8) is 0 Å². The summed E-state index contributed by atoms with van der Waals surface area (Å²) in [6.07, 6.45) is 3.04. The number of ketones is 1. The van der Waals surface area contributed by atoms with Crippen LogP contribution in [0.15, 0.2) is 121 Å². The Bertz CT molecular complexity index is 2770. The van der Waals surface area contributed by atoms with Crippen molar-refractivity contribution in [1.82, 2.24) is 30.0 Å². The fourth-order valence-electron chi connectivity index (χ4n) is 7.33. The number of urea groups is 2. The van der Waals surface area contributed by atoms with Crippen molar-refractivity contribution in [3.05, 3.63) is 171 Å². The zero-order valence-electron chi connectivity index (χ0n) is 35.4. The maximum Gasteiger partial charge on any atom is 0.335 e. The Hall–Kier alpha value is -7.48. The smallest absolute Gasteiger partial charge is 0.335 e. The molecule has 8 rings (SSSR count). The fraction of sp³-hybridized carbons (Fsp3) is 0.208. The average Bonchev–Trinajstić information content (AvgIpc) is 3.24. The summed E-state index contributed by atoms with van der Waals surface area (Å²) in [6.45, 7) is 7.90. The Kier molecular flexibility index (Phi) is 13.1. The number of carboxylic acids is 1. The SMILES string of the molecule is CN1C=C(C(=O)O)C(c2ccc(F)cc2)N(C)C1=O.Cc1ccc2c(CC(=O)C3=CN(C)C(=O)N[C@H]3c3ccc(F)cc3)c(C)ccc2n1.Cc1ccc2c(N)c(C)ccc2n1.